The molecule has 0 amide bonds. The van der Waals surface area contributed by atoms with Gasteiger partial charge in [0.25, 0.3) is 0 Å². The number of aryl methyl sites for hydroxylation is 2. The number of allylic oxidation sites excluding steroid dienone is 2. The summed E-state index contributed by atoms with van der Waals surface area (Å²) in [5.41, 5.74) is 8.75. The molecular formula is C40H52IrNO2S-. The molecule has 0 atom stereocenters. The molecule has 0 spiro atoms. The van der Waals surface area contributed by atoms with Gasteiger partial charge in [0, 0.05) is 59.2 Å². The van der Waals surface area contributed by atoms with Crippen LogP contribution in [0.3, 0.4) is 0 Å². The zero-order valence-corrected chi connectivity index (χ0v) is 32.1. The van der Waals surface area contributed by atoms with E-state index in [2.05, 4.69) is 90.1 Å². The molecule has 0 aliphatic carbocycles. The van der Waals surface area contributed by atoms with Crippen molar-refractivity contribution in [1.29, 1.82) is 0 Å². The quantitative estimate of drug-likeness (QED) is 0.0933. The molecule has 3 nitrogen and oxygen atoms in total. The van der Waals surface area contributed by atoms with Crippen molar-refractivity contribution in [2.45, 2.75) is 107 Å². The summed E-state index contributed by atoms with van der Waals surface area (Å²) in [5.74, 6) is 1.53. The van der Waals surface area contributed by atoms with E-state index in [1.807, 2.05) is 45.2 Å². The van der Waals surface area contributed by atoms with Gasteiger partial charge in [-0.05, 0) is 66.0 Å². The van der Waals surface area contributed by atoms with Crippen LogP contribution in [0.15, 0.2) is 60.5 Å². The van der Waals surface area contributed by atoms with Crippen molar-refractivity contribution in [3.05, 3.63) is 88.8 Å². The summed E-state index contributed by atoms with van der Waals surface area (Å²) in [6.45, 7) is 21.4. The second-order valence-corrected chi connectivity index (χ2v) is 13.7. The third kappa shape index (κ3) is 9.95. The second-order valence-electron chi connectivity index (χ2n) is 12.6. The van der Waals surface area contributed by atoms with E-state index in [1.54, 1.807) is 0 Å². The van der Waals surface area contributed by atoms with Crippen LogP contribution in [-0.4, -0.2) is 15.9 Å². The van der Waals surface area contributed by atoms with Crippen molar-refractivity contribution in [2.75, 3.05) is 0 Å². The Morgan fingerprint density at radius 1 is 0.889 bits per heavy atom. The van der Waals surface area contributed by atoms with Crippen LogP contribution < -0.4 is 0 Å². The standard InChI is InChI=1S/C27H28NS.C13H24O2.Ir/c1-16(2)22-8-7-9-23(17(3)4)27(22)26-13-21-15-28-24(14-25(21)29-26)20-11-18(5)10-19(6)12-20;1-5-10(6-2)12(14)9-13(15)11(7-3)8-4;/h7-11,13-17H,1-6H3;9-11,14H,5-8H2,1-4H3;/q-1;;/b;12-9-;. The molecule has 0 saturated heterocycles. The number of fused-ring (bicyclic) bond motifs is 1. The number of hydrogen-bond donors (Lipinski definition) is 1. The Labute approximate surface area is 290 Å². The van der Waals surface area contributed by atoms with Gasteiger partial charge in [-0.25, -0.2) is 0 Å². The van der Waals surface area contributed by atoms with Gasteiger partial charge in [-0.3, -0.25) is 4.79 Å². The summed E-state index contributed by atoms with van der Waals surface area (Å²) >= 11 is 1.88. The van der Waals surface area contributed by atoms with Crippen LogP contribution in [0.2, 0.25) is 0 Å². The molecule has 4 rings (SSSR count). The van der Waals surface area contributed by atoms with E-state index < -0.39 is 0 Å². The Kier molecular flexibility index (Phi) is 15.4. The third-order valence-corrected chi connectivity index (χ3v) is 9.64. The van der Waals surface area contributed by atoms with E-state index in [0.29, 0.717) is 11.8 Å². The Balaban J connectivity index is 0.000000378. The monoisotopic (exact) mass is 803 g/mol. The molecule has 1 radical (unpaired) electrons. The van der Waals surface area contributed by atoms with Gasteiger partial charge in [-0.15, -0.1) is 46.2 Å². The summed E-state index contributed by atoms with van der Waals surface area (Å²) in [4.78, 5) is 17.8. The molecule has 2 heterocycles. The summed E-state index contributed by atoms with van der Waals surface area (Å²) in [6.07, 6.45) is 6.92. The van der Waals surface area contributed by atoms with Gasteiger partial charge < -0.3 is 10.1 Å². The molecule has 0 unspecified atom stereocenters. The Morgan fingerprint density at radius 2 is 1.47 bits per heavy atom. The first-order chi connectivity index (χ1) is 20.9. The summed E-state index contributed by atoms with van der Waals surface area (Å²) in [5, 5.41) is 11.0. The largest absolute Gasteiger partial charge is 0.512 e. The first-order valence-electron chi connectivity index (χ1n) is 16.4. The molecule has 0 bridgehead atoms. The third-order valence-electron chi connectivity index (χ3n) is 8.53. The molecule has 0 saturated carbocycles. The number of hydrogen-bond acceptors (Lipinski definition) is 4. The SMILES string of the molecule is CCC(CC)C(=O)/C=C(\O)C(CC)CC.Cc1[c-]c(-c2cc3sc(-c4c(C(C)C)cccc4C(C)C)cc3cn2)cc(C)c1.[Ir]. The number of thiophene rings is 1. The van der Waals surface area contributed by atoms with Crippen LogP contribution in [0, 0.1) is 31.7 Å². The van der Waals surface area contributed by atoms with E-state index in [-0.39, 0.29) is 43.5 Å². The smallest absolute Gasteiger partial charge is 0.162 e. The minimum Gasteiger partial charge on any atom is -0.512 e. The van der Waals surface area contributed by atoms with Crippen LogP contribution in [0.1, 0.15) is 115 Å². The average Bonchev–Trinajstić information content (AvgIpc) is 3.41. The van der Waals surface area contributed by atoms with Gasteiger partial charge in [0.1, 0.15) is 0 Å². The second kappa shape index (κ2) is 17.9. The molecular weight excluding hydrogens is 751 g/mol. The molecule has 245 valence electrons. The maximum absolute atomic E-state index is 11.7. The fourth-order valence-corrected chi connectivity index (χ4v) is 7.01. The molecule has 2 aromatic carbocycles. The summed E-state index contributed by atoms with van der Waals surface area (Å²) in [7, 11) is 0. The van der Waals surface area contributed by atoms with Gasteiger partial charge in [0.2, 0.25) is 0 Å². The van der Waals surface area contributed by atoms with Crippen molar-refractivity contribution in [2.24, 2.45) is 11.8 Å². The molecule has 4 aromatic rings. The number of aromatic nitrogens is 1. The van der Waals surface area contributed by atoms with Crippen molar-refractivity contribution in [3.8, 4) is 21.7 Å². The number of aliphatic hydroxyl groups is 1. The number of rotatable bonds is 11. The normalized spacial score (nSPS) is 11.7. The molecule has 1 N–H and O–H groups in total. The predicted octanol–water partition coefficient (Wildman–Crippen LogP) is 12.2. The summed E-state index contributed by atoms with van der Waals surface area (Å²) < 4.78 is 1.28. The Morgan fingerprint density at radius 3 is 1.98 bits per heavy atom. The number of carbonyl (C=O) groups excluding carboxylic acids is 1. The molecule has 0 aliphatic heterocycles. The van der Waals surface area contributed by atoms with Crippen molar-refractivity contribution in [1.82, 2.24) is 4.98 Å². The number of ketones is 1. The number of carbonyl (C=O) groups is 1. The van der Waals surface area contributed by atoms with Crippen LogP contribution >= 0.6 is 11.3 Å². The van der Waals surface area contributed by atoms with E-state index in [4.69, 9.17) is 4.98 Å². The fraction of sp³-hybridized carbons (Fsp3) is 0.450. The molecule has 0 fully saturated rings. The summed E-state index contributed by atoms with van der Waals surface area (Å²) in [6, 6.07) is 19.1. The molecule has 45 heavy (non-hydrogen) atoms. The maximum Gasteiger partial charge on any atom is 0.162 e. The van der Waals surface area contributed by atoms with E-state index in [0.717, 1.165) is 42.5 Å². The fourth-order valence-electron chi connectivity index (χ4n) is 5.85. The van der Waals surface area contributed by atoms with Gasteiger partial charge in [-0.1, -0.05) is 93.5 Å². The average molecular weight is 803 g/mol. The number of aliphatic hydroxyl groups excluding tert-OH is 1. The van der Waals surface area contributed by atoms with E-state index in [1.165, 1.54) is 43.3 Å². The predicted molar refractivity (Wildman–Crippen MR) is 191 cm³/mol. The van der Waals surface area contributed by atoms with Gasteiger partial charge >= 0.3 is 0 Å². The topological polar surface area (TPSA) is 50.2 Å². The van der Waals surface area contributed by atoms with Crippen LogP contribution in [0.4, 0.5) is 0 Å². The van der Waals surface area contributed by atoms with E-state index >= 15 is 0 Å². The van der Waals surface area contributed by atoms with Gasteiger partial charge in [0.15, 0.2) is 5.78 Å². The van der Waals surface area contributed by atoms with Gasteiger partial charge in [0.05, 0.1) is 5.76 Å². The minimum atomic E-state index is 0. The Hall–Kier alpha value is -2.59. The van der Waals surface area contributed by atoms with Gasteiger partial charge in [-0.2, -0.15) is 0 Å². The number of nitrogens with zero attached hydrogens (tertiary/aromatic N) is 1. The molecule has 5 heteroatoms. The Bertz CT molecular complexity index is 1530. The zero-order valence-electron chi connectivity index (χ0n) is 28.9. The molecule has 2 aromatic heterocycles. The van der Waals surface area contributed by atoms with Crippen LogP contribution in [-0.2, 0) is 24.9 Å². The van der Waals surface area contributed by atoms with Crippen molar-refractivity contribution >= 4 is 27.2 Å². The first kappa shape index (κ1) is 38.6. The van der Waals surface area contributed by atoms with Crippen LogP contribution in [0.5, 0.6) is 0 Å². The molecule has 0 aliphatic rings. The van der Waals surface area contributed by atoms with Crippen molar-refractivity contribution in [3.63, 3.8) is 0 Å². The number of benzene rings is 2. The minimum absolute atomic E-state index is 0. The maximum atomic E-state index is 11.7. The first-order valence-corrected chi connectivity index (χ1v) is 17.2. The number of pyridine rings is 1. The zero-order chi connectivity index (χ0) is 32.6. The van der Waals surface area contributed by atoms with Crippen LogP contribution in [0.25, 0.3) is 31.8 Å². The van der Waals surface area contributed by atoms with E-state index in [9.17, 15) is 9.90 Å². The van der Waals surface area contributed by atoms with Crippen molar-refractivity contribution < 1.29 is 30.0 Å².